The molecule has 0 spiro atoms. The van der Waals surface area contributed by atoms with Gasteiger partial charge >= 0.3 is 0 Å². The number of nitrogens with zero attached hydrogens (tertiary/aromatic N) is 3. The largest absolute Gasteiger partial charge is 0.424 e. The molecule has 3 aromatic rings. The Morgan fingerprint density at radius 2 is 2.00 bits per heavy atom. The molecule has 0 atom stereocenters. The normalized spacial score (nSPS) is 10.9. The topological polar surface area (TPSA) is 43.3 Å². The molecule has 0 aliphatic heterocycles. The first-order chi connectivity index (χ1) is 6.95. The molecule has 0 aliphatic carbocycles. The van der Waals surface area contributed by atoms with Crippen molar-refractivity contribution >= 4 is 5.71 Å². The van der Waals surface area contributed by atoms with Gasteiger partial charge in [0.1, 0.15) is 0 Å². The summed E-state index contributed by atoms with van der Waals surface area (Å²) in [7, 11) is 0. The zero-order valence-electron chi connectivity index (χ0n) is 7.29. The molecule has 3 rings (SSSR count). The molecule has 68 valence electrons. The highest BCUT2D eigenvalue weighted by Gasteiger charge is 2.07. The monoisotopic (exact) mass is 185 g/mol. The lowest BCUT2D eigenvalue weighted by atomic mass is 10.2. The van der Waals surface area contributed by atoms with Crippen LogP contribution in [0.3, 0.4) is 0 Å². The van der Waals surface area contributed by atoms with Gasteiger partial charge < -0.3 is 4.42 Å². The summed E-state index contributed by atoms with van der Waals surface area (Å²) in [5.41, 5.74) is 1.69. The van der Waals surface area contributed by atoms with Crippen LogP contribution in [0.15, 0.2) is 47.3 Å². The Hall–Kier alpha value is -2.10. The number of hydrogen-bond acceptors (Lipinski definition) is 3. The number of aromatic nitrogens is 3. The molecule has 1 aromatic carbocycles. The molecule has 4 heteroatoms. The Bertz CT molecular complexity index is 553. The van der Waals surface area contributed by atoms with Crippen molar-refractivity contribution in [2.75, 3.05) is 0 Å². The smallest absolute Gasteiger partial charge is 0.242 e. The van der Waals surface area contributed by atoms with E-state index in [1.54, 1.807) is 10.7 Å². The first kappa shape index (κ1) is 7.32. The third-order valence-electron chi connectivity index (χ3n) is 2.07. The summed E-state index contributed by atoms with van der Waals surface area (Å²) in [5.74, 6) is 0.800. The summed E-state index contributed by atoms with van der Waals surface area (Å²) in [6.07, 6.45) is 3.07. The Morgan fingerprint density at radius 3 is 2.86 bits per heavy atom. The zero-order valence-corrected chi connectivity index (χ0v) is 7.29. The van der Waals surface area contributed by atoms with Gasteiger partial charge in [0.05, 0.1) is 6.20 Å². The van der Waals surface area contributed by atoms with Crippen molar-refractivity contribution in [2.45, 2.75) is 0 Å². The van der Waals surface area contributed by atoms with Gasteiger partial charge in [0.2, 0.25) is 12.1 Å². The predicted octanol–water partition coefficient (Wildman–Crippen LogP) is 1.99. The summed E-state index contributed by atoms with van der Waals surface area (Å²) < 4.78 is 6.79. The molecular formula is C10H7N3O. The average molecular weight is 185 g/mol. The van der Waals surface area contributed by atoms with Crippen LogP contribution in [0.4, 0.5) is 0 Å². The van der Waals surface area contributed by atoms with Gasteiger partial charge in [0.15, 0.2) is 5.82 Å². The van der Waals surface area contributed by atoms with Crippen LogP contribution >= 0.6 is 0 Å². The Kier molecular flexibility index (Phi) is 1.41. The van der Waals surface area contributed by atoms with Crippen molar-refractivity contribution < 1.29 is 4.42 Å². The highest BCUT2D eigenvalue weighted by Crippen LogP contribution is 2.17. The minimum absolute atomic E-state index is 0.656. The summed E-state index contributed by atoms with van der Waals surface area (Å²) in [6, 6.07) is 9.89. The first-order valence-corrected chi connectivity index (χ1v) is 4.28. The van der Waals surface area contributed by atoms with E-state index in [0.717, 1.165) is 11.4 Å². The van der Waals surface area contributed by atoms with E-state index < -0.39 is 0 Å². The van der Waals surface area contributed by atoms with Crippen LogP contribution in [-0.4, -0.2) is 14.6 Å². The lowest BCUT2D eigenvalue weighted by Crippen LogP contribution is -1.88. The minimum atomic E-state index is 0.656. The molecule has 0 radical (unpaired) electrons. The van der Waals surface area contributed by atoms with Crippen molar-refractivity contribution in [3.8, 4) is 11.4 Å². The Labute approximate surface area is 79.8 Å². The molecule has 0 saturated heterocycles. The fourth-order valence-corrected chi connectivity index (χ4v) is 1.43. The maximum atomic E-state index is 5.11. The number of fused-ring (bicyclic) bond motifs is 1. The lowest BCUT2D eigenvalue weighted by molar-refractivity contribution is 0.600. The molecular weight excluding hydrogens is 178 g/mol. The molecule has 2 aromatic heterocycles. The summed E-state index contributed by atoms with van der Waals surface area (Å²) in [4.78, 5) is 4.23. The molecule has 0 fully saturated rings. The van der Waals surface area contributed by atoms with E-state index in [-0.39, 0.29) is 0 Å². The number of hydrogen-bond donors (Lipinski definition) is 0. The van der Waals surface area contributed by atoms with Gasteiger partial charge in [-0.15, -0.1) is 5.10 Å². The predicted molar refractivity (Wildman–Crippen MR) is 50.7 cm³/mol. The molecule has 0 amide bonds. The molecule has 2 heterocycles. The second-order valence-corrected chi connectivity index (χ2v) is 2.94. The van der Waals surface area contributed by atoms with E-state index in [0.29, 0.717) is 5.71 Å². The van der Waals surface area contributed by atoms with Crippen LogP contribution in [0.2, 0.25) is 0 Å². The lowest BCUT2D eigenvalue weighted by Gasteiger charge is -1.94. The van der Waals surface area contributed by atoms with Crippen LogP contribution in [0.1, 0.15) is 0 Å². The van der Waals surface area contributed by atoms with Gasteiger partial charge in [-0.2, -0.15) is 4.52 Å². The van der Waals surface area contributed by atoms with Crippen LogP contribution in [0.25, 0.3) is 17.1 Å². The van der Waals surface area contributed by atoms with Crippen molar-refractivity contribution in [2.24, 2.45) is 0 Å². The highest BCUT2D eigenvalue weighted by molar-refractivity contribution is 5.58. The van der Waals surface area contributed by atoms with Crippen LogP contribution in [0, 0.1) is 0 Å². The highest BCUT2D eigenvalue weighted by atomic mass is 16.4. The van der Waals surface area contributed by atoms with Crippen molar-refractivity contribution in [1.29, 1.82) is 0 Å². The van der Waals surface area contributed by atoms with Gasteiger partial charge in [-0.25, -0.2) is 4.98 Å². The van der Waals surface area contributed by atoms with Crippen molar-refractivity contribution in [1.82, 2.24) is 14.6 Å². The summed E-state index contributed by atoms with van der Waals surface area (Å²) in [6.45, 7) is 0. The standard InChI is InChI=1S/C10H7N3O/c1-2-4-8(5-3-1)10-11-6-9-13(10)12-7-14-9/h1-7H. The van der Waals surface area contributed by atoms with Gasteiger partial charge in [-0.1, -0.05) is 30.3 Å². The minimum Gasteiger partial charge on any atom is -0.424 e. The van der Waals surface area contributed by atoms with Crippen LogP contribution in [-0.2, 0) is 0 Å². The average Bonchev–Trinajstić information content (AvgIpc) is 2.79. The number of rotatable bonds is 1. The maximum Gasteiger partial charge on any atom is 0.242 e. The number of benzene rings is 1. The second kappa shape index (κ2) is 2.70. The van der Waals surface area contributed by atoms with E-state index >= 15 is 0 Å². The van der Waals surface area contributed by atoms with Gasteiger partial charge in [-0.3, -0.25) is 0 Å². The van der Waals surface area contributed by atoms with Gasteiger partial charge in [0, 0.05) is 5.56 Å². The zero-order chi connectivity index (χ0) is 9.38. The van der Waals surface area contributed by atoms with Gasteiger partial charge in [-0.05, 0) is 0 Å². The maximum absolute atomic E-state index is 5.11. The Balaban J connectivity index is 2.28. The molecule has 0 bridgehead atoms. The summed E-state index contributed by atoms with van der Waals surface area (Å²) in [5, 5.41) is 4.04. The molecule has 0 unspecified atom stereocenters. The third-order valence-corrected chi connectivity index (χ3v) is 2.07. The van der Waals surface area contributed by atoms with Crippen LogP contribution < -0.4 is 0 Å². The third kappa shape index (κ3) is 0.939. The summed E-state index contributed by atoms with van der Waals surface area (Å²) >= 11 is 0. The Morgan fingerprint density at radius 1 is 1.14 bits per heavy atom. The molecule has 0 N–H and O–H groups in total. The number of imidazole rings is 1. The van der Waals surface area contributed by atoms with Gasteiger partial charge in [0.25, 0.3) is 0 Å². The first-order valence-electron chi connectivity index (χ1n) is 4.28. The van der Waals surface area contributed by atoms with E-state index in [9.17, 15) is 0 Å². The van der Waals surface area contributed by atoms with Crippen LogP contribution in [0.5, 0.6) is 0 Å². The SMILES string of the molecule is c1ccc(-c2ncc3ocnn23)cc1. The van der Waals surface area contributed by atoms with E-state index in [1.807, 2.05) is 30.3 Å². The van der Waals surface area contributed by atoms with Crippen molar-refractivity contribution in [3.63, 3.8) is 0 Å². The molecule has 4 nitrogen and oxygen atoms in total. The van der Waals surface area contributed by atoms with E-state index in [2.05, 4.69) is 10.1 Å². The van der Waals surface area contributed by atoms with E-state index in [1.165, 1.54) is 6.39 Å². The molecule has 0 aliphatic rings. The second-order valence-electron chi connectivity index (χ2n) is 2.94. The quantitative estimate of drug-likeness (QED) is 0.582. The van der Waals surface area contributed by atoms with Crippen molar-refractivity contribution in [3.05, 3.63) is 42.9 Å². The molecule has 0 saturated carbocycles. The fourth-order valence-electron chi connectivity index (χ4n) is 1.43. The fraction of sp³-hybridized carbons (Fsp3) is 0. The van der Waals surface area contributed by atoms with E-state index in [4.69, 9.17) is 4.42 Å². The molecule has 14 heavy (non-hydrogen) atoms.